The molecule has 0 amide bonds. The summed E-state index contributed by atoms with van der Waals surface area (Å²) in [6.07, 6.45) is 0. The van der Waals surface area contributed by atoms with Crippen LogP contribution in [0.3, 0.4) is 0 Å². The molecule has 13 heteroatoms. The quantitative estimate of drug-likeness (QED) is 0.270. The van der Waals surface area contributed by atoms with Crippen LogP contribution in [0.25, 0.3) is 0 Å². The number of aromatic carboxylic acids is 3. The van der Waals surface area contributed by atoms with Crippen LogP contribution in [0, 0.1) is 0 Å². The fourth-order valence-corrected chi connectivity index (χ4v) is 2.08. The predicted molar refractivity (Wildman–Crippen MR) is 109 cm³/mol. The number of benzene rings is 3. The zero-order valence-corrected chi connectivity index (χ0v) is 18.1. The zero-order chi connectivity index (χ0) is 25.3. The van der Waals surface area contributed by atoms with Gasteiger partial charge < -0.3 is 46.0 Å². The minimum atomic E-state index is -1.33. The molecular weight excluding hydrogens is 471 g/mol. The van der Waals surface area contributed by atoms with Crippen molar-refractivity contribution in [1.82, 2.24) is 0 Å². The fourth-order valence-electron chi connectivity index (χ4n) is 2.08. The molecule has 0 atom stereocenters. The summed E-state index contributed by atoms with van der Waals surface area (Å²) in [6.45, 7) is 0. The van der Waals surface area contributed by atoms with Gasteiger partial charge in [-0.05, 0) is 36.4 Å². The van der Waals surface area contributed by atoms with Crippen molar-refractivity contribution in [1.29, 1.82) is 0 Å². The first-order valence-corrected chi connectivity index (χ1v) is 8.55. The largest absolute Gasteiger partial charge is 3.00 e. The van der Waals surface area contributed by atoms with E-state index >= 15 is 0 Å². The van der Waals surface area contributed by atoms with E-state index in [4.69, 9.17) is 30.6 Å². The van der Waals surface area contributed by atoms with Crippen LogP contribution in [0.2, 0.25) is 0 Å². The Kier molecular flexibility index (Phi) is 11.3. The summed E-state index contributed by atoms with van der Waals surface area (Å²) in [4.78, 5) is 30.8. The van der Waals surface area contributed by atoms with Gasteiger partial charge in [-0.3, -0.25) is 0 Å². The summed E-state index contributed by atoms with van der Waals surface area (Å²) < 4.78 is 0. The van der Waals surface area contributed by atoms with Gasteiger partial charge in [-0.2, -0.15) is 0 Å². The van der Waals surface area contributed by atoms with Crippen LogP contribution in [0.5, 0.6) is 34.5 Å². The molecule has 0 aromatic heterocycles. The van der Waals surface area contributed by atoms with Crippen LogP contribution in [-0.2, 0) is 0 Å². The molecule has 0 bridgehead atoms. The second kappa shape index (κ2) is 13.1. The molecule has 34 heavy (non-hydrogen) atoms. The Balaban J connectivity index is 0.000000473. The monoisotopic (exact) mass is 486 g/mol. The average Bonchev–Trinajstić information content (AvgIpc) is 2.74. The van der Waals surface area contributed by atoms with Crippen molar-refractivity contribution in [2.75, 3.05) is 0 Å². The molecule has 3 aromatic carbocycles. The minimum Gasteiger partial charge on any atom is -0.869 e. The molecule has 3 aromatic rings. The summed E-state index contributed by atoms with van der Waals surface area (Å²) in [7, 11) is 0. The van der Waals surface area contributed by atoms with Gasteiger partial charge in [0.15, 0.2) is 0 Å². The Morgan fingerprint density at radius 1 is 0.500 bits per heavy atom. The van der Waals surface area contributed by atoms with Crippen molar-refractivity contribution in [3.63, 3.8) is 0 Å². The molecule has 0 heterocycles. The van der Waals surface area contributed by atoms with Gasteiger partial charge in [-0.25, -0.2) is 14.4 Å². The van der Waals surface area contributed by atoms with E-state index in [0.717, 1.165) is 36.4 Å². The van der Waals surface area contributed by atoms with Gasteiger partial charge in [0, 0.05) is 0 Å². The first-order chi connectivity index (χ1) is 15.4. The smallest absolute Gasteiger partial charge is 0.869 e. The maximum absolute atomic E-state index is 10.8. The summed E-state index contributed by atoms with van der Waals surface area (Å²) in [6, 6.07) is 10.8. The van der Waals surface area contributed by atoms with Gasteiger partial charge in [-0.1, -0.05) is 35.4 Å². The van der Waals surface area contributed by atoms with Crippen molar-refractivity contribution < 1.29 is 60.3 Å². The molecule has 0 fully saturated rings. The molecule has 0 spiro atoms. The molecular formula is C21H15AlO12. The number of carbonyl (C=O) groups is 3. The van der Waals surface area contributed by atoms with Crippen LogP contribution in [0.1, 0.15) is 31.1 Å². The number of para-hydroxylation sites is 3. The van der Waals surface area contributed by atoms with Gasteiger partial charge in [-0.15, -0.1) is 0 Å². The molecule has 12 nitrogen and oxygen atoms in total. The maximum atomic E-state index is 10.8. The van der Waals surface area contributed by atoms with E-state index in [1.807, 2.05) is 0 Å². The predicted octanol–water partition coefficient (Wildman–Crippen LogP) is 0.111. The van der Waals surface area contributed by atoms with E-state index in [-0.39, 0.29) is 17.4 Å². The molecule has 0 aliphatic rings. The Hall–Kier alpha value is -4.60. The van der Waals surface area contributed by atoms with E-state index < -0.39 is 69.1 Å². The Labute approximate surface area is 201 Å². The number of aromatic hydroxyl groups is 3. The minimum absolute atomic E-state index is 0. The van der Waals surface area contributed by atoms with Crippen LogP contribution in [0.4, 0.5) is 0 Å². The van der Waals surface area contributed by atoms with Crippen molar-refractivity contribution in [3.05, 3.63) is 71.3 Å². The molecule has 3 rings (SSSR count). The third-order valence-corrected chi connectivity index (χ3v) is 3.67. The van der Waals surface area contributed by atoms with E-state index in [1.54, 1.807) is 0 Å². The van der Waals surface area contributed by atoms with E-state index in [0.29, 0.717) is 0 Å². The topological polar surface area (TPSA) is 242 Å². The van der Waals surface area contributed by atoms with Gasteiger partial charge in [0.2, 0.25) is 0 Å². The molecule has 0 aliphatic carbocycles. The van der Waals surface area contributed by atoms with Gasteiger partial charge >= 0.3 is 35.3 Å². The normalized spacial score (nSPS) is 9.18. The van der Waals surface area contributed by atoms with Crippen LogP contribution in [-0.4, -0.2) is 65.9 Å². The molecule has 174 valence electrons. The third kappa shape index (κ3) is 7.83. The van der Waals surface area contributed by atoms with Crippen LogP contribution < -0.4 is 15.3 Å². The van der Waals surface area contributed by atoms with Crippen LogP contribution >= 0.6 is 0 Å². The zero-order valence-electron chi connectivity index (χ0n) is 16.9. The first-order valence-electron chi connectivity index (χ1n) is 8.55. The van der Waals surface area contributed by atoms with Crippen molar-refractivity contribution in [3.8, 4) is 34.5 Å². The summed E-state index contributed by atoms with van der Waals surface area (Å²) in [5, 5.41) is 83.8. The Morgan fingerprint density at radius 2 is 0.706 bits per heavy atom. The first kappa shape index (κ1) is 29.4. The number of hydrogen-bond acceptors (Lipinski definition) is 9. The molecule has 6 N–H and O–H groups in total. The van der Waals surface area contributed by atoms with Gasteiger partial charge in [0.1, 0.15) is 17.2 Å². The maximum Gasteiger partial charge on any atom is 3.00 e. The average molecular weight is 486 g/mol. The number of carboxylic acid groups (broad SMARTS) is 3. The SMILES string of the molecule is O=C(O)c1cccc(O)c1[O-].O=C(O)c1cccc(O)c1[O-].O=C(O)c1cccc(O)c1[O-].[Al+3]. The second-order valence-electron chi connectivity index (χ2n) is 5.88. The van der Waals surface area contributed by atoms with E-state index in [2.05, 4.69) is 0 Å². The number of phenolic OH excluding ortho intramolecular Hbond substituents is 3. The van der Waals surface area contributed by atoms with E-state index in [1.165, 1.54) is 18.2 Å². The molecule has 0 saturated carbocycles. The Morgan fingerprint density at radius 3 is 0.853 bits per heavy atom. The third-order valence-electron chi connectivity index (χ3n) is 3.67. The molecule has 0 aliphatic heterocycles. The number of phenols is 3. The fraction of sp³-hybridized carbons (Fsp3) is 0. The molecule has 0 radical (unpaired) electrons. The Bertz CT molecular complexity index is 1030. The molecule has 0 saturated heterocycles. The number of carboxylic acids is 3. The van der Waals surface area contributed by atoms with Crippen molar-refractivity contribution in [2.24, 2.45) is 0 Å². The summed E-state index contributed by atoms with van der Waals surface area (Å²) in [5.41, 5.74) is -1.24. The number of rotatable bonds is 3. The van der Waals surface area contributed by atoms with E-state index in [9.17, 15) is 29.7 Å². The van der Waals surface area contributed by atoms with Crippen LogP contribution in [0.15, 0.2) is 54.6 Å². The van der Waals surface area contributed by atoms with Crippen molar-refractivity contribution >= 4 is 35.3 Å². The molecule has 0 unspecified atom stereocenters. The standard InChI is InChI=1S/3C7H6O4.Al/c3*8-5-3-1-2-4(6(5)9)7(10)11;/h3*1-3,8-9H,(H,10,11);/q;;;+3/p-3. The second-order valence-corrected chi connectivity index (χ2v) is 5.88. The summed E-state index contributed by atoms with van der Waals surface area (Å²) >= 11 is 0. The van der Waals surface area contributed by atoms with Crippen molar-refractivity contribution in [2.45, 2.75) is 0 Å². The summed E-state index contributed by atoms with van der Waals surface area (Å²) in [5.74, 6) is -8.14. The number of hydrogen-bond donors (Lipinski definition) is 6. The van der Waals surface area contributed by atoms with Gasteiger partial charge in [0.25, 0.3) is 0 Å². The van der Waals surface area contributed by atoms with Gasteiger partial charge in [0.05, 0.1) is 16.7 Å².